The molecule has 0 spiro atoms. The minimum Gasteiger partial charge on any atom is -0.495 e. The van der Waals surface area contributed by atoms with Gasteiger partial charge in [0.15, 0.2) is 0 Å². The van der Waals surface area contributed by atoms with Gasteiger partial charge in [-0.15, -0.1) is 11.3 Å². The number of rotatable bonds is 4. The van der Waals surface area contributed by atoms with Crippen molar-refractivity contribution in [1.82, 2.24) is 0 Å². The standard InChI is InChI=1S/C14H14BrClO2S/c1-3-9-4-5-12(19-9)13(17)10-6-8(16)7-11(15)14(10)18-2/h4-7,13,17H,3H2,1-2H3. The van der Waals surface area contributed by atoms with Gasteiger partial charge in [0.2, 0.25) is 0 Å². The van der Waals surface area contributed by atoms with E-state index in [-0.39, 0.29) is 0 Å². The third kappa shape index (κ3) is 3.14. The van der Waals surface area contributed by atoms with E-state index in [4.69, 9.17) is 16.3 Å². The summed E-state index contributed by atoms with van der Waals surface area (Å²) < 4.78 is 6.09. The highest BCUT2D eigenvalue weighted by atomic mass is 79.9. The number of hydrogen-bond acceptors (Lipinski definition) is 3. The molecule has 1 aromatic heterocycles. The van der Waals surface area contributed by atoms with Crippen molar-refractivity contribution in [2.24, 2.45) is 0 Å². The lowest BCUT2D eigenvalue weighted by Crippen LogP contribution is -2.01. The van der Waals surface area contributed by atoms with E-state index in [0.717, 1.165) is 15.8 Å². The van der Waals surface area contributed by atoms with Gasteiger partial charge < -0.3 is 9.84 Å². The Balaban J connectivity index is 2.45. The van der Waals surface area contributed by atoms with E-state index in [9.17, 15) is 5.11 Å². The van der Waals surface area contributed by atoms with Gasteiger partial charge in [-0.2, -0.15) is 0 Å². The summed E-state index contributed by atoms with van der Waals surface area (Å²) in [5, 5.41) is 11.1. The average Bonchev–Trinajstić information content (AvgIpc) is 2.85. The molecule has 1 aromatic carbocycles. The fourth-order valence-corrected chi connectivity index (χ4v) is 3.84. The van der Waals surface area contributed by atoms with Gasteiger partial charge in [0, 0.05) is 20.3 Å². The monoisotopic (exact) mass is 360 g/mol. The molecule has 1 heterocycles. The molecule has 0 saturated carbocycles. The number of aryl methyl sites for hydroxylation is 1. The summed E-state index contributed by atoms with van der Waals surface area (Å²) in [6, 6.07) is 7.47. The Morgan fingerprint density at radius 2 is 2.16 bits per heavy atom. The number of ether oxygens (including phenoxy) is 1. The first-order valence-corrected chi connectivity index (χ1v) is 7.85. The van der Waals surface area contributed by atoms with Crippen LogP contribution in [0.15, 0.2) is 28.7 Å². The van der Waals surface area contributed by atoms with Gasteiger partial charge in [0.25, 0.3) is 0 Å². The van der Waals surface area contributed by atoms with Crippen LogP contribution >= 0.6 is 38.9 Å². The lowest BCUT2D eigenvalue weighted by molar-refractivity contribution is 0.218. The molecule has 0 aliphatic rings. The summed E-state index contributed by atoms with van der Waals surface area (Å²) in [5.41, 5.74) is 0.673. The van der Waals surface area contributed by atoms with E-state index >= 15 is 0 Å². The molecule has 5 heteroatoms. The summed E-state index contributed by atoms with van der Waals surface area (Å²) >= 11 is 11.1. The molecule has 0 amide bonds. The molecule has 0 radical (unpaired) electrons. The third-order valence-corrected chi connectivity index (χ3v) is 4.93. The normalized spacial score (nSPS) is 12.5. The maximum absolute atomic E-state index is 10.5. The minimum absolute atomic E-state index is 0.564. The highest BCUT2D eigenvalue weighted by Gasteiger charge is 2.20. The van der Waals surface area contributed by atoms with Crippen LogP contribution in [0.2, 0.25) is 5.02 Å². The smallest absolute Gasteiger partial charge is 0.139 e. The first-order chi connectivity index (χ1) is 9.06. The Kier molecular flexibility index (Phi) is 4.90. The average molecular weight is 362 g/mol. The van der Waals surface area contributed by atoms with E-state index in [2.05, 4.69) is 22.9 Å². The summed E-state index contributed by atoms with van der Waals surface area (Å²) in [6.07, 6.45) is 0.239. The fraction of sp³-hybridized carbons (Fsp3) is 0.286. The van der Waals surface area contributed by atoms with Gasteiger partial charge in [0.05, 0.1) is 11.6 Å². The molecule has 1 N–H and O–H groups in total. The molecule has 1 atom stereocenters. The van der Waals surface area contributed by atoms with Crippen molar-refractivity contribution < 1.29 is 9.84 Å². The predicted molar refractivity (Wildman–Crippen MR) is 83.5 cm³/mol. The minimum atomic E-state index is -0.727. The predicted octanol–water partition coefficient (Wildman–Crippen LogP) is 4.82. The largest absolute Gasteiger partial charge is 0.495 e. The zero-order valence-electron chi connectivity index (χ0n) is 10.6. The van der Waals surface area contributed by atoms with E-state index in [1.807, 2.05) is 12.1 Å². The third-order valence-electron chi connectivity index (χ3n) is 2.84. The Morgan fingerprint density at radius 1 is 1.42 bits per heavy atom. The number of benzene rings is 1. The van der Waals surface area contributed by atoms with Crippen LogP contribution in [0.25, 0.3) is 0 Å². The second-order valence-electron chi connectivity index (χ2n) is 4.07. The van der Waals surface area contributed by atoms with Crippen LogP contribution in [0, 0.1) is 0 Å². The summed E-state index contributed by atoms with van der Waals surface area (Å²) in [7, 11) is 1.58. The van der Waals surface area contributed by atoms with Gasteiger partial charge in [-0.3, -0.25) is 0 Å². The number of thiophene rings is 1. The number of methoxy groups -OCH3 is 1. The molecule has 2 nitrogen and oxygen atoms in total. The lowest BCUT2D eigenvalue weighted by Gasteiger charge is -2.15. The van der Waals surface area contributed by atoms with Gasteiger partial charge >= 0.3 is 0 Å². The Morgan fingerprint density at radius 3 is 2.74 bits per heavy atom. The van der Waals surface area contributed by atoms with E-state index in [0.29, 0.717) is 16.3 Å². The van der Waals surface area contributed by atoms with Crippen molar-refractivity contribution in [3.8, 4) is 5.75 Å². The molecule has 1 unspecified atom stereocenters. The summed E-state index contributed by atoms with van der Waals surface area (Å²) in [6.45, 7) is 2.10. The first kappa shape index (κ1) is 14.9. The van der Waals surface area contributed by atoms with Crippen molar-refractivity contribution in [2.75, 3.05) is 7.11 Å². The zero-order chi connectivity index (χ0) is 14.0. The van der Waals surface area contributed by atoms with Crippen LogP contribution in [0.3, 0.4) is 0 Å². The molecule has 102 valence electrons. The molecule has 2 aromatic rings. The van der Waals surface area contributed by atoms with Crippen LogP contribution in [0.5, 0.6) is 5.75 Å². The molecule has 0 fully saturated rings. The molecule has 2 rings (SSSR count). The molecule has 0 saturated heterocycles. The number of aliphatic hydroxyl groups is 1. The van der Waals surface area contributed by atoms with Crippen LogP contribution in [-0.4, -0.2) is 12.2 Å². The SMILES string of the molecule is CCc1ccc(C(O)c2cc(Cl)cc(Br)c2OC)s1. The van der Waals surface area contributed by atoms with Crippen molar-refractivity contribution in [1.29, 1.82) is 0 Å². The lowest BCUT2D eigenvalue weighted by atomic mass is 10.1. The van der Waals surface area contributed by atoms with Gasteiger partial charge in [0.1, 0.15) is 11.9 Å². The second-order valence-corrected chi connectivity index (χ2v) is 6.56. The van der Waals surface area contributed by atoms with E-state index < -0.39 is 6.10 Å². The number of aliphatic hydroxyl groups excluding tert-OH is 1. The van der Waals surface area contributed by atoms with Crippen LogP contribution in [0.4, 0.5) is 0 Å². The Labute approximate surface area is 130 Å². The fourth-order valence-electron chi connectivity index (χ4n) is 1.88. The van der Waals surface area contributed by atoms with E-state index in [1.54, 1.807) is 30.6 Å². The first-order valence-electron chi connectivity index (χ1n) is 5.86. The molecule has 0 aliphatic heterocycles. The van der Waals surface area contributed by atoms with Gasteiger partial charge in [-0.25, -0.2) is 0 Å². The zero-order valence-corrected chi connectivity index (χ0v) is 13.8. The van der Waals surface area contributed by atoms with E-state index in [1.165, 1.54) is 4.88 Å². The van der Waals surface area contributed by atoms with Crippen molar-refractivity contribution >= 4 is 38.9 Å². The second kappa shape index (κ2) is 6.27. The molecular formula is C14H14BrClO2S. The van der Waals surface area contributed by atoms with Crippen molar-refractivity contribution in [3.05, 3.63) is 49.1 Å². The highest BCUT2D eigenvalue weighted by molar-refractivity contribution is 9.10. The maximum atomic E-state index is 10.5. The van der Waals surface area contributed by atoms with Crippen LogP contribution in [0.1, 0.15) is 28.3 Å². The summed E-state index contributed by atoms with van der Waals surface area (Å²) in [5.74, 6) is 0.614. The molecule has 0 bridgehead atoms. The van der Waals surface area contributed by atoms with Crippen molar-refractivity contribution in [2.45, 2.75) is 19.4 Å². The van der Waals surface area contributed by atoms with Gasteiger partial charge in [-0.05, 0) is 46.6 Å². The highest BCUT2D eigenvalue weighted by Crippen LogP contribution is 2.39. The molecular weight excluding hydrogens is 348 g/mol. The van der Waals surface area contributed by atoms with Crippen molar-refractivity contribution in [3.63, 3.8) is 0 Å². The number of halogens is 2. The topological polar surface area (TPSA) is 29.5 Å². The quantitative estimate of drug-likeness (QED) is 0.846. The number of hydrogen-bond donors (Lipinski definition) is 1. The van der Waals surface area contributed by atoms with Gasteiger partial charge in [-0.1, -0.05) is 18.5 Å². The molecule has 19 heavy (non-hydrogen) atoms. The Bertz CT molecular complexity index is 583. The Hall–Kier alpha value is -0.550. The molecule has 0 aliphatic carbocycles. The van der Waals surface area contributed by atoms with Crippen LogP contribution < -0.4 is 4.74 Å². The van der Waals surface area contributed by atoms with Crippen LogP contribution in [-0.2, 0) is 6.42 Å². The summed E-state index contributed by atoms with van der Waals surface area (Å²) in [4.78, 5) is 2.14. The maximum Gasteiger partial charge on any atom is 0.139 e.